The summed E-state index contributed by atoms with van der Waals surface area (Å²) in [5.74, 6) is 0. The van der Waals surface area contributed by atoms with Gasteiger partial charge in [0.05, 0.1) is 0 Å². The summed E-state index contributed by atoms with van der Waals surface area (Å²) in [6.07, 6.45) is 9.63. The zero-order valence-electron chi connectivity index (χ0n) is 12.0. The lowest BCUT2D eigenvalue weighted by Gasteiger charge is -2.44. The molecule has 2 heteroatoms. The zero-order chi connectivity index (χ0) is 12.3. The number of nitrogens with one attached hydrogen (secondary N) is 1. The van der Waals surface area contributed by atoms with Gasteiger partial charge in [0.15, 0.2) is 0 Å². The van der Waals surface area contributed by atoms with Crippen LogP contribution in [-0.2, 0) is 0 Å². The molecule has 2 aliphatic rings. The molecule has 2 saturated heterocycles. The van der Waals surface area contributed by atoms with E-state index in [1.54, 1.807) is 0 Å². The first-order chi connectivity index (χ1) is 8.17. The molecule has 17 heavy (non-hydrogen) atoms. The maximum atomic E-state index is 3.82. The minimum Gasteiger partial charge on any atom is -0.310 e. The summed E-state index contributed by atoms with van der Waals surface area (Å²) in [6, 6.07) is 1.57. The fourth-order valence-corrected chi connectivity index (χ4v) is 3.91. The van der Waals surface area contributed by atoms with Crippen molar-refractivity contribution >= 4 is 0 Å². The van der Waals surface area contributed by atoms with Gasteiger partial charge in [-0.3, -0.25) is 4.90 Å². The van der Waals surface area contributed by atoms with E-state index in [1.807, 2.05) is 0 Å². The molecule has 1 N–H and O–H groups in total. The summed E-state index contributed by atoms with van der Waals surface area (Å²) in [5, 5.41) is 3.82. The first-order valence-corrected chi connectivity index (χ1v) is 7.68. The Balaban J connectivity index is 2.00. The molecule has 0 aliphatic carbocycles. The molecule has 1 unspecified atom stereocenters. The Morgan fingerprint density at radius 1 is 1.18 bits per heavy atom. The number of rotatable bonds is 4. The lowest BCUT2D eigenvalue weighted by Crippen LogP contribution is -2.55. The van der Waals surface area contributed by atoms with E-state index in [4.69, 9.17) is 0 Å². The van der Waals surface area contributed by atoms with E-state index in [0.29, 0.717) is 5.54 Å². The molecule has 2 fully saturated rings. The van der Waals surface area contributed by atoms with Gasteiger partial charge < -0.3 is 5.32 Å². The van der Waals surface area contributed by atoms with E-state index >= 15 is 0 Å². The molecule has 0 radical (unpaired) electrons. The monoisotopic (exact) mass is 238 g/mol. The van der Waals surface area contributed by atoms with Crippen molar-refractivity contribution in [3.05, 3.63) is 0 Å². The first-order valence-electron chi connectivity index (χ1n) is 7.68. The first kappa shape index (κ1) is 13.4. The Morgan fingerprint density at radius 2 is 1.88 bits per heavy atom. The molecule has 2 heterocycles. The van der Waals surface area contributed by atoms with Crippen LogP contribution >= 0.6 is 0 Å². The van der Waals surface area contributed by atoms with Gasteiger partial charge in [-0.1, -0.05) is 19.8 Å². The normalized spacial score (nSPS) is 39.7. The molecular weight excluding hydrogens is 208 g/mol. The minimum atomic E-state index is 0.439. The van der Waals surface area contributed by atoms with Crippen LogP contribution in [0.3, 0.4) is 0 Å². The lowest BCUT2D eigenvalue weighted by atomic mass is 9.88. The number of hydrogen-bond acceptors (Lipinski definition) is 2. The van der Waals surface area contributed by atoms with Gasteiger partial charge in [0.2, 0.25) is 0 Å². The summed E-state index contributed by atoms with van der Waals surface area (Å²) in [7, 11) is 0. The van der Waals surface area contributed by atoms with E-state index < -0.39 is 0 Å². The van der Waals surface area contributed by atoms with Crippen molar-refractivity contribution < 1.29 is 0 Å². The Hall–Kier alpha value is -0.0800. The van der Waals surface area contributed by atoms with E-state index in [-0.39, 0.29) is 0 Å². The number of nitrogens with zero attached hydrogens (tertiary/aromatic N) is 1. The van der Waals surface area contributed by atoms with Crippen molar-refractivity contribution in [2.45, 2.75) is 83.3 Å². The third-order valence-electron chi connectivity index (χ3n) is 4.92. The maximum Gasteiger partial charge on any atom is 0.0309 e. The van der Waals surface area contributed by atoms with Crippen LogP contribution in [0.4, 0.5) is 0 Å². The highest BCUT2D eigenvalue weighted by molar-refractivity contribution is 4.97. The van der Waals surface area contributed by atoms with Gasteiger partial charge in [-0.05, 0) is 52.5 Å². The minimum absolute atomic E-state index is 0.439. The highest BCUT2D eigenvalue weighted by Crippen LogP contribution is 2.30. The van der Waals surface area contributed by atoms with Crippen molar-refractivity contribution in [1.82, 2.24) is 10.2 Å². The summed E-state index contributed by atoms with van der Waals surface area (Å²) < 4.78 is 0. The van der Waals surface area contributed by atoms with Gasteiger partial charge in [0.1, 0.15) is 0 Å². The van der Waals surface area contributed by atoms with Crippen molar-refractivity contribution in [2.75, 3.05) is 13.1 Å². The van der Waals surface area contributed by atoms with Gasteiger partial charge in [-0.2, -0.15) is 0 Å². The molecule has 0 aromatic carbocycles. The quantitative estimate of drug-likeness (QED) is 0.809. The topological polar surface area (TPSA) is 15.3 Å². The third kappa shape index (κ3) is 3.03. The van der Waals surface area contributed by atoms with Gasteiger partial charge >= 0.3 is 0 Å². The SMILES string of the molecule is CCCC1(CN2[C@H](C)CCC[C@@H]2C)CCCN1. The highest BCUT2D eigenvalue weighted by Gasteiger charge is 2.37. The van der Waals surface area contributed by atoms with Gasteiger partial charge in [-0.25, -0.2) is 0 Å². The molecule has 0 amide bonds. The molecule has 0 bridgehead atoms. The molecule has 2 rings (SSSR count). The molecule has 0 saturated carbocycles. The molecule has 2 aliphatic heterocycles. The van der Waals surface area contributed by atoms with Crippen molar-refractivity contribution in [3.8, 4) is 0 Å². The van der Waals surface area contributed by atoms with Crippen LogP contribution < -0.4 is 5.32 Å². The fourth-order valence-electron chi connectivity index (χ4n) is 3.91. The maximum absolute atomic E-state index is 3.82. The smallest absolute Gasteiger partial charge is 0.0309 e. The summed E-state index contributed by atoms with van der Waals surface area (Å²) >= 11 is 0. The van der Waals surface area contributed by atoms with E-state index in [0.717, 1.165) is 12.1 Å². The number of hydrogen-bond donors (Lipinski definition) is 1. The summed E-state index contributed by atoms with van der Waals surface area (Å²) in [6.45, 7) is 9.68. The van der Waals surface area contributed by atoms with Crippen molar-refractivity contribution in [1.29, 1.82) is 0 Å². The van der Waals surface area contributed by atoms with Gasteiger partial charge in [0.25, 0.3) is 0 Å². The largest absolute Gasteiger partial charge is 0.310 e. The average Bonchev–Trinajstić information content (AvgIpc) is 2.73. The second-order valence-electron chi connectivity index (χ2n) is 6.36. The average molecular weight is 238 g/mol. The van der Waals surface area contributed by atoms with E-state index in [2.05, 4.69) is 31.0 Å². The fraction of sp³-hybridized carbons (Fsp3) is 1.00. The number of piperidine rings is 1. The van der Waals surface area contributed by atoms with Crippen LogP contribution in [0.15, 0.2) is 0 Å². The van der Waals surface area contributed by atoms with Crippen LogP contribution in [0.5, 0.6) is 0 Å². The zero-order valence-corrected chi connectivity index (χ0v) is 12.0. The predicted octanol–water partition coefficient (Wildman–Crippen LogP) is 3.17. The Kier molecular flexibility index (Phi) is 4.48. The van der Waals surface area contributed by atoms with Crippen LogP contribution in [-0.4, -0.2) is 35.6 Å². The molecule has 2 nitrogen and oxygen atoms in total. The highest BCUT2D eigenvalue weighted by atomic mass is 15.2. The molecule has 0 aromatic rings. The summed E-state index contributed by atoms with van der Waals surface area (Å²) in [5.41, 5.74) is 0.439. The van der Waals surface area contributed by atoms with Crippen molar-refractivity contribution in [2.24, 2.45) is 0 Å². The van der Waals surface area contributed by atoms with E-state index in [1.165, 1.54) is 58.0 Å². The Bertz CT molecular complexity index is 223. The van der Waals surface area contributed by atoms with Gasteiger partial charge in [-0.15, -0.1) is 0 Å². The predicted molar refractivity (Wildman–Crippen MR) is 74.4 cm³/mol. The summed E-state index contributed by atoms with van der Waals surface area (Å²) in [4.78, 5) is 2.78. The van der Waals surface area contributed by atoms with Crippen LogP contribution in [0.25, 0.3) is 0 Å². The Labute approximate surface area is 107 Å². The lowest BCUT2D eigenvalue weighted by molar-refractivity contribution is 0.0666. The molecule has 0 aromatic heterocycles. The Morgan fingerprint density at radius 3 is 2.41 bits per heavy atom. The number of likely N-dealkylation sites (tertiary alicyclic amines) is 1. The molecule has 0 spiro atoms. The molecule has 3 atom stereocenters. The standard InChI is InChI=1S/C15H30N2/c1-4-9-15(10-6-11-16-15)12-17-13(2)7-5-8-14(17)3/h13-14,16H,4-12H2,1-3H3/t13-,14+,15?. The third-order valence-corrected chi connectivity index (χ3v) is 4.92. The second-order valence-corrected chi connectivity index (χ2v) is 6.36. The van der Waals surface area contributed by atoms with Crippen LogP contribution in [0.2, 0.25) is 0 Å². The van der Waals surface area contributed by atoms with Crippen molar-refractivity contribution in [3.63, 3.8) is 0 Å². The van der Waals surface area contributed by atoms with Crippen LogP contribution in [0.1, 0.15) is 65.7 Å². The van der Waals surface area contributed by atoms with E-state index in [9.17, 15) is 0 Å². The van der Waals surface area contributed by atoms with Crippen LogP contribution in [0, 0.1) is 0 Å². The molecular formula is C15H30N2. The second kappa shape index (κ2) is 5.71. The van der Waals surface area contributed by atoms with Gasteiger partial charge in [0, 0.05) is 24.2 Å². The molecule has 100 valence electrons.